The molecule has 2 aliphatic heterocycles. The van der Waals surface area contributed by atoms with Gasteiger partial charge in [-0.1, -0.05) is 29.8 Å². The minimum atomic E-state index is 0.231. The SMILES string of the molecule is Cc1ccc(-n2c3cc(=NC4CCOCC4)c(Nc4ccc(C)nc4)cc-3nc3ccccc32)cc1. The van der Waals surface area contributed by atoms with Gasteiger partial charge in [0.15, 0.2) is 0 Å². The van der Waals surface area contributed by atoms with Crippen molar-refractivity contribution >= 4 is 22.4 Å². The van der Waals surface area contributed by atoms with Gasteiger partial charge in [-0.3, -0.25) is 9.98 Å². The lowest BCUT2D eigenvalue weighted by molar-refractivity contribution is 0.0864. The van der Waals surface area contributed by atoms with E-state index >= 15 is 0 Å². The molecule has 0 bridgehead atoms. The number of benzene rings is 3. The number of fused-ring (bicyclic) bond motifs is 2. The van der Waals surface area contributed by atoms with Crippen molar-refractivity contribution in [2.45, 2.75) is 32.7 Å². The van der Waals surface area contributed by atoms with Gasteiger partial charge < -0.3 is 14.6 Å². The fourth-order valence-corrected chi connectivity index (χ4v) is 4.73. The van der Waals surface area contributed by atoms with E-state index in [2.05, 4.69) is 76.4 Å². The summed E-state index contributed by atoms with van der Waals surface area (Å²) < 4.78 is 7.87. The van der Waals surface area contributed by atoms with Crippen LogP contribution < -0.4 is 10.7 Å². The molecule has 0 unspecified atom stereocenters. The second-order valence-corrected chi connectivity index (χ2v) is 9.42. The van der Waals surface area contributed by atoms with Gasteiger partial charge in [0.25, 0.3) is 0 Å². The Balaban J connectivity index is 1.61. The Morgan fingerprint density at radius 1 is 0.944 bits per heavy atom. The standard InChI is InChI=1S/C30H29N5O/c1-20-7-11-24(12-8-20)35-29-6-4-3-5-25(29)34-28-17-26(33-23-10-9-21(2)31-19-23)27(18-30(28)35)32-22-13-15-36-16-14-22/h3-12,17-19,22,33H,13-16H2,1-2H3. The zero-order valence-electron chi connectivity index (χ0n) is 20.6. The lowest BCUT2D eigenvalue weighted by atomic mass is 10.1. The molecule has 0 spiro atoms. The Hall–Kier alpha value is -4.03. The first-order valence-corrected chi connectivity index (χ1v) is 12.5. The number of nitrogens with one attached hydrogen (secondary N) is 1. The smallest absolute Gasteiger partial charge is 0.0900 e. The first kappa shape index (κ1) is 22.4. The van der Waals surface area contributed by atoms with E-state index in [4.69, 9.17) is 14.7 Å². The third-order valence-corrected chi connectivity index (χ3v) is 6.69. The maximum absolute atomic E-state index is 5.58. The van der Waals surface area contributed by atoms with Crippen molar-refractivity contribution in [3.05, 3.63) is 95.6 Å². The Morgan fingerprint density at radius 3 is 2.53 bits per heavy atom. The number of pyridine rings is 1. The highest BCUT2D eigenvalue weighted by molar-refractivity contribution is 5.84. The number of aromatic nitrogens is 3. The Labute approximate surface area is 210 Å². The van der Waals surface area contributed by atoms with E-state index in [1.165, 1.54) is 5.56 Å². The van der Waals surface area contributed by atoms with Crippen molar-refractivity contribution in [3.63, 3.8) is 0 Å². The molecule has 1 aliphatic carbocycles. The number of para-hydroxylation sites is 2. The van der Waals surface area contributed by atoms with Crippen molar-refractivity contribution in [1.82, 2.24) is 14.5 Å². The van der Waals surface area contributed by atoms with Gasteiger partial charge in [-0.25, -0.2) is 4.98 Å². The van der Waals surface area contributed by atoms with Crippen LogP contribution in [0.2, 0.25) is 0 Å². The topological polar surface area (TPSA) is 64.3 Å². The van der Waals surface area contributed by atoms with Gasteiger partial charge in [-0.15, -0.1) is 0 Å². The zero-order chi connectivity index (χ0) is 24.5. The number of aryl methyl sites for hydroxylation is 2. The number of ether oxygens (including phenoxy) is 1. The molecule has 0 atom stereocenters. The van der Waals surface area contributed by atoms with Gasteiger partial charge >= 0.3 is 0 Å². The molecule has 1 fully saturated rings. The molecule has 3 heterocycles. The molecule has 1 saturated heterocycles. The average molecular weight is 476 g/mol. The monoisotopic (exact) mass is 475 g/mol. The van der Waals surface area contributed by atoms with Crippen molar-refractivity contribution < 1.29 is 4.74 Å². The summed E-state index contributed by atoms with van der Waals surface area (Å²) in [6.45, 7) is 5.61. The number of anilines is 2. The van der Waals surface area contributed by atoms with Crippen LogP contribution >= 0.6 is 0 Å². The summed E-state index contributed by atoms with van der Waals surface area (Å²) in [4.78, 5) is 14.7. The fourth-order valence-electron chi connectivity index (χ4n) is 4.73. The van der Waals surface area contributed by atoms with Gasteiger partial charge in [0.05, 0.1) is 51.4 Å². The number of hydrogen-bond acceptors (Lipinski definition) is 5. The third-order valence-electron chi connectivity index (χ3n) is 6.69. The second-order valence-electron chi connectivity index (χ2n) is 9.42. The molecule has 1 aromatic heterocycles. The Kier molecular flexibility index (Phi) is 5.95. The van der Waals surface area contributed by atoms with Crippen molar-refractivity contribution in [2.75, 3.05) is 18.5 Å². The molecule has 0 amide bonds. The molecule has 36 heavy (non-hydrogen) atoms. The van der Waals surface area contributed by atoms with E-state index < -0.39 is 0 Å². The second kappa shape index (κ2) is 9.55. The molecule has 1 N–H and O–H groups in total. The van der Waals surface area contributed by atoms with Crippen molar-refractivity contribution in [2.24, 2.45) is 4.99 Å². The van der Waals surface area contributed by atoms with Gasteiger partial charge in [0, 0.05) is 24.6 Å². The van der Waals surface area contributed by atoms with Crippen LogP contribution in [-0.4, -0.2) is 33.8 Å². The third kappa shape index (κ3) is 4.48. The number of hydrogen-bond donors (Lipinski definition) is 1. The van der Waals surface area contributed by atoms with Crippen LogP contribution in [0.15, 0.2) is 84.0 Å². The van der Waals surface area contributed by atoms with Gasteiger partial charge in [0.1, 0.15) is 0 Å². The molecule has 6 nitrogen and oxygen atoms in total. The van der Waals surface area contributed by atoms with Crippen LogP contribution in [0.1, 0.15) is 24.1 Å². The Morgan fingerprint density at radius 2 is 1.75 bits per heavy atom. The fraction of sp³-hybridized carbons (Fsp3) is 0.233. The highest BCUT2D eigenvalue weighted by Crippen LogP contribution is 2.30. The van der Waals surface area contributed by atoms with E-state index in [1.54, 1.807) is 0 Å². The molecule has 3 aromatic rings. The van der Waals surface area contributed by atoms with Crippen LogP contribution in [-0.2, 0) is 4.74 Å². The van der Waals surface area contributed by atoms with E-state index in [1.807, 2.05) is 31.3 Å². The lowest BCUT2D eigenvalue weighted by Crippen LogP contribution is -2.23. The molecule has 0 saturated carbocycles. The predicted octanol–water partition coefficient (Wildman–Crippen LogP) is 5.97. The van der Waals surface area contributed by atoms with Gasteiger partial charge in [0.2, 0.25) is 0 Å². The molecular weight excluding hydrogens is 446 g/mol. The molecular formula is C30H29N5O. The first-order chi connectivity index (χ1) is 17.6. The quantitative estimate of drug-likeness (QED) is 0.326. The summed E-state index contributed by atoms with van der Waals surface area (Å²) in [7, 11) is 0. The number of rotatable bonds is 4. The predicted molar refractivity (Wildman–Crippen MR) is 144 cm³/mol. The maximum Gasteiger partial charge on any atom is 0.0900 e. The summed E-state index contributed by atoms with van der Waals surface area (Å²) >= 11 is 0. The van der Waals surface area contributed by atoms with Crippen LogP contribution in [0.3, 0.4) is 0 Å². The largest absolute Gasteiger partial charge is 0.381 e. The number of nitrogens with zero attached hydrogens (tertiary/aromatic N) is 4. The van der Waals surface area contributed by atoms with E-state index in [0.717, 1.165) is 76.6 Å². The van der Waals surface area contributed by atoms with Crippen LogP contribution in [0.4, 0.5) is 11.4 Å². The Bertz CT molecular complexity index is 1550. The normalized spacial score (nSPS) is 15.0. The summed E-state index contributed by atoms with van der Waals surface area (Å²) in [5, 5.41) is 4.48. The zero-order valence-corrected chi connectivity index (χ0v) is 20.6. The summed E-state index contributed by atoms with van der Waals surface area (Å²) in [6, 6.07) is 25.5. The maximum atomic E-state index is 5.58. The average Bonchev–Trinajstić information content (AvgIpc) is 2.90. The summed E-state index contributed by atoms with van der Waals surface area (Å²) in [5.41, 5.74) is 9.11. The first-order valence-electron chi connectivity index (χ1n) is 12.5. The highest BCUT2D eigenvalue weighted by atomic mass is 16.5. The van der Waals surface area contributed by atoms with Crippen LogP contribution in [0, 0.1) is 13.8 Å². The highest BCUT2D eigenvalue weighted by Gasteiger charge is 2.18. The molecule has 6 rings (SSSR count). The minimum Gasteiger partial charge on any atom is -0.381 e. The van der Waals surface area contributed by atoms with Gasteiger partial charge in [-0.05, 0) is 75.2 Å². The molecule has 3 aliphatic rings. The molecule has 180 valence electrons. The minimum absolute atomic E-state index is 0.231. The summed E-state index contributed by atoms with van der Waals surface area (Å²) in [6.07, 6.45) is 3.72. The van der Waals surface area contributed by atoms with E-state index in [0.29, 0.717) is 0 Å². The summed E-state index contributed by atoms with van der Waals surface area (Å²) in [5.74, 6) is 0. The van der Waals surface area contributed by atoms with Crippen molar-refractivity contribution in [1.29, 1.82) is 0 Å². The van der Waals surface area contributed by atoms with E-state index in [-0.39, 0.29) is 6.04 Å². The van der Waals surface area contributed by atoms with Crippen LogP contribution in [0.25, 0.3) is 28.1 Å². The molecule has 0 radical (unpaired) electrons. The van der Waals surface area contributed by atoms with Gasteiger partial charge in [-0.2, -0.15) is 0 Å². The molecule has 6 heteroatoms. The lowest BCUT2D eigenvalue weighted by Gasteiger charge is -2.22. The molecule has 2 aromatic carbocycles. The van der Waals surface area contributed by atoms with E-state index in [9.17, 15) is 0 Å². The van der Waals surface area contributed by atoms with Crippen LogP contribution in [0.5, 0.6) is 0 Å². The van der Waals surface area contributed by atoms with Crippen molar-refractivity contribution in [3.8, 4) is 17.1 Å².